The van der Waals surface area contributed by atoms with Gasteiger partial charge in [0.25, 0.3) is 0 Å². The molecule has 1 fully saturated rings. The fourth-order valence-corrected chi connectivity index (χ4v) is 2.95. The molecule has 2 heterocycles. The van der Waals surface area contributed by atoms with Crippen LogP contribution in [0.25, 0.3) is 0 Å². The summed E-state index contributed by atoms with van der Waals surface area (Å²) in [6.07, 6.45) is 3.80. The smallest absolute Gasteiger partial charge is 0.223 e. The van der Waals surface area contributed by atoms with Gasteiger partial charge in [0.15, 0.2) is 0 Å². The van der Waals surface area contributed by atoms with E-state index in [9.17, 15) is 18.7 Å². The van der Waals surface area contributed by atoms with Gasteiger partial charge in [-0.3, -0.25) is 4.79 Å². The average molecular weight is 336 g/mol. The highest BCUT2D eigenvalue weighted by Gasteiger charge is 2.38. The minimum atomic E-state index is -1.05. The van der Waals surface area contributed by atoms with Crippen LogP contribution < -0.4 is 0 Å². The van der Waals surface area contributed by atoms with Crippen molar-refractivity contribution in [3.05, 3.63) is 47.8 Å². The number of likely N-dealkylation sites (tertiary alicyclic amines) is 1. The fraction of sp³-hybridized carbons (Fsp3) is 0.438. The summed E-state index contributed by atoms with van der Waals surface area (Å²) in [5.74, 6) is -1.23. The van der Waals surface area contributed by atoms with E-state index < -0.39 is 17.2 Å². The Bertz CT molecular complexity index is 723. The Morgan fingerprint density at radius 1 is 1.38 bits per heavy atom. The van der Waals surface area contributed by atoms with Crippen LogP contribution in [0.3, 0.4) is 0 Å². The molecule has 2 aromatic rings. The van der Waals surface area contributed by atoms with Gasteiger partial charge in [-0.15, -0.1) is 5.10 Å². The van der Waals surface area contributed by atoms with Crippen molar-refractivity contribution < 1.29 is 18.7 Å². The molecular formula is C16H18F2N4O2. The van der Waals surface area contributed by atoms with E-state index in [0.29, 0.717) is 13.0 Å². The van der Waals surface area contributed by atoms with Gasteiger partial charge in [-0.2, -0.15) is 0 Å². The Hall–Kier alpha value is -2.35. The summed E-state index contributed by atoms with van der Waals surface area (Å²) in [7, 11) is 0. The molecule has 8 heteroatoms. The van der Waals surface area contributed by atoms with Crippen LogP contribution in [-0.4, -0.2) is 49.6 Å². The van der Waals surface area contributed by atoms with Gasteiger partial charge in [0, 0.05) is 19.2 Å². The number of aryl methyl sites for hydroxylation is 1. The van der Waals surface area contributed by atoms with Crippen LogP contribution in [-0.2, 0) is 17.8 Å². The number of halogens is 2. The molecule has 1 amide bonds. The summed E-state index contributed by atoms with van der Waals surface area (Å²) in [5, 5.41) is 18.1. The molecule has 1 saturated heterocycles. The van der Waals surface area contributed by atoms with Gasteiger partial charge in [0.2, 0.25) is 5.91 Å². The predicted molar refractivity (Wildman–Crippen MR) is 80.8 cm³/mol. The number of carbonyl (C=O) groups excluding carboxylic acids is 1. The van der Waals surface area contributed by atoms with Gasteiger partial charge < -0.3 is 10.0 Å². The van der Waals surface area contributed by atoms with Crippen LogP contribution in [0, 0.1) is 11.6 Å². The lowest BCUT2D eigenvalue weighted by Gasteiger charge is -2.23. The van der Waals surface area contributed by atoms with Crippen molar-refractivity contribution in [2.24, 2.45) is 0 Å². The van der Waals surface area contributed by atoms with Crippen LogP contribution in [0.15, 0.2) is 30.6 Å². The number of carbonyl (C=O) groups is 1. The second kappa shape index (κ2) is 6.64. The Kier molecular flexibility index (Phi) is 4.57. The molecule has 0 aliphatic carbocycles. The maximum Gasteiger partial charge on any atom is 0.223 e. The molecule has 0 saturated carbocycles. The average Bonchev–Trinajstić information content (AvgIpc) is 3.18. The molecule has 6 nitrogen and oxygen atoms in total. The molecule has 1 aliphatic rings. The van der Waals surface area contributed by atoms with Crippen molar-refractivity contribution in [1.29, 1.82) is 0 Å². The Labute approximate surface area is 137 Å². The maximum absolute atomic E-state index is 13.6. The van der Waals surface area contributed by atoms with Gasteiger partial charge in [0.1, 0.15) is 17.2 Å². The lowest BCUT2D eigenvalue weighted by Crippen LogP contribution is -2.39. The highest BCUT2D eigenvalue weighted by Crippen LogP contribution is 2.24. The number of benzene rings is 1. The molecule has 24 heavy (non-hydrogen) atoms. The quantitative estimate of drug-likeness (QED) is 0.889. The summed E-state index contributed by atoms with van der Waals surface area (Å²) in [5.41, 5.74) is -0.867. The highest BCUT2D eigenvalue weighted by molar-refractivity contribution is 5.77. The Morgan fingerprint density at radius 3 is 2.96 bits per heavy atom. The third-order valence-electron chi connectivity index (χ3n) is 4.23. The molecule has 1 atom stereocenters. The van der Waals surface area contributed by atoms with Gasteiger partial charge in [0.05, 0.1) is 19.3 Å². The van der Waals surface area contributed by atoms with Crippen molar-refractivity contribution in [2.75, 3.05) is 13.1 Å². The van der Waals surface area contributed by atoms with Crippen LogP contribution in [0.1, 0.15) is 18.4 Å². The second-order valence-electron chi connectivity index (χ2n) is 6.13. The van der Waals surface area contributed by atoms with E-state index in [2.05, 4.69) is 10.3 Å². The number of hydrogen-bond donors (Lipinski definition) is 1. The number of β-amino-alcohol motifs (C(OH)–C–C–N with tert-alkyl or cyclic N) is 1. The molecule has 128 valence electrons. The standard InChI is InChI=1S/C16H18F2N4O2/c17-13-2-3-14(18)12(9-13)1-4-15(23)21-7-5-16(24,10-21)11-22-8-6-19-20-22/h2-3,6,8-9,24H,1,4-5,7,10-11H2. The van der Waals surface area contributed by atoms with Gasteiger partial charge in [-0.05, 0) is 36.6 Å². The lowest BCUT2D eigenvalue weighted by molar-refractivity contribution is -0.131. The van der Waals surface area contributed by atoms with Crippen molar-refractivity contribution in [3.63, 3.8) is 0 Å². The van der Waals surface area contributed by atoms with E-state index in [0.717, 1.165) is 18.2 Å². The first-order valence-corrected chi connectivity index (χ1v) is 7.73. The van der Waals surface area contributed by atoms with Crippen LogP contribution >= 0.6 is 0 Å². The summed E-state index contributed by atoms with van der Waals surface area (Å²) in [6.45, 7) is 0.877. The molecular weight excluding hydrogens is 318 g/mol. The monoisotopic (exact) mass is 336 g/mol. The minimum Gasteiger partial charge on any atom is -0.386 e. The molecule has 1 N–H and O–H groups in total. The zero-order chi connectivity index (χ0) is 17.2. The highest BCUT2D eigenvalue weighted by atomic mass is 19.1. The maximum atomic E-state index is 13.6. The van der Waals surface area contributed by atoms with Crippen molar-refractivity contribution in [2.45, 2.75) is 31.4 Å². The van der Waals surface area contributed by atoms with Crippen LogP contribution in [0.2, 0.25) is 0 Å². The summed E-state index contributed by atoms with van der Waals surface area (Å²) >= 11 is 0. The molecule has 0 radical (unpaired) electrons. The summed E-state index contributed by atoms with van der Waals surface area (Å²) < 4.78 is 28.3. The van der Waals surface area contributed by atoms with Crippen molar-refractivity contribution in [1.82, 2.24) is 19.9 Å². The number of hydrogen-bond acceptors (Lipinski definition) is 4. The number of aromatic nitrogens is 3. The predicted octanol–water partition coefficient (Wildman–Crippen LogP) is 1.15. The lowest BCUT2D eigenvalue weighted by atomic mass is 10.0. The first-order valence-electron chi connectivity index (χ1n) is 7.73. The normalized spacial score (nSPS) is 20.5. The molecule has 1 unspecified atom stereocenters. The van der Waals surface area contributed by atoms with E-state index in [1.165, 1.54) is 10.9 Å². The number of amides is 1. The van der Waals surface area contributed by atoms with E-state index >= 15 is 0 Å². The number of rotatable bonds is 5. The second-order valence-corrected chi connectivity index (χ2v) is 6.13. The number of nitrogens with zero attached hydrogens (tertiary/aromatic N) is 4. The molecule has 1 aromatic heterocycles. The van der Waals surface area contributed by atoms with Gasteiger partial charge >= 0.3 is 0 Å². The van der Waals surface area contributed by atoms with Crippen molar-refractivity contribution >= 4 is 5.91 Å². The molecule has 3 rings (SSSR count). The topological polar surface area (TPSA) is 71.2 Å². The first kappa shape index (κ1) is 16.5. The largest absolute Gasteiger partial charge is 0.386 e. The van der Waals surface area contributed by atoms with E-state index in [-0.39, 0.29) is 37.4 Å². The third-order valence-corrected chi connectivity index (χ3v) is 4.23. The van der Waals surface area contributed by atoms with Crippen LogP contribution in [0.5, 0.6) is 0 Å². The summed E-state index contributed by atoms with van der Waals surface area (Å²) in [4.78, 5) is 13.8. The van der Waals surface area contributed by atoms with E-state index in [4.69, 9.17) is 0 Å². The SMILES string of the molecule is O=C(CCc1cc(F)ccc1F)N1CCC(O)(Cn2ccnn2)C1. The first-order chi connectivity index (χ1) is 11.5. The van der Waals surface area contributed by atoms with Gasteiger partial charge in [-0.1, -0.05) is 5.21 Å². The van der Waals surface area contributed by atoms with Crippen molar-refractivity contribution in [3.8, 4) is 0 Å². The fourth-order valence-electron chi connectivity index (χ4n) is 2.95. The van der Waals surface area contributed by atoms with E-state index in [1.54, 1.807) is 11.1 Å². The molecule has 1 aliphatic heterocycles. The molecule has 1 aromatic carbocycles. The van der Waals surface area contributed by atoms with E-state index in [1.807, 2.05) is 0 Å². The molecule has 0 spiro atoms. The number of aliphatic hydroxyl groups is 1. The van der Waals surface area contributed by atoms with Gasteiger partial charge in [-0.25, -0.2) is 13.5 Å². The summed E-state index contributed by atoms with van der Waals surface area (Å²) in [6, 6.07) is 3.21. The zero-order valence-corrected chi connectivity index (χ0v) is 13.0. The van der Waals surface area contributed by atoms with Crippen LogP contribution in [0.4, 0.5) is 8.78 Å². The zero-order valence-electron chi connectivity index (χ0n) is 13.0. The molecule has 0 bridgehead atoms. The minimum absolute atomic E-state index is 0.0692. The Balaban J connectivity index is 1.55. The third kappa shape index (κ3) is 3.76. The Morgan fingerprint density at radius 2 is 2.21 bits per heavy atom.